The summed E-state index contributed by atoms with van der Waals surface area (Å²) in [7, 11) is 0. The minimum absolute atomic E-state index is 0.267. The van der Waals surface area contributed by atoms with Crippen molar-refractivity contribution in [2.24, 2.45) is 5.92 Å². The van der Waals surface area contributed by atoms with Crippen LogP contribution < -0.4 is 5.32 Å². The van der Waals surface area contributed by atoms with E-state index in [1.54, 1.807) is 0 Å². The Morgan fingerprint density at radius 1 is 1.05 bits per heavy atom. The molecule has 0 aromatic rings. The number of unbranched alkanes of at least 4 members (excludes halogenated alkanes) is 4. The first kappa shape index (κ1) is 16.5. The third-order valence-corrected chi connectivity index (χ3v) is 4.12. The summed E-state index contributed by atoms with van der Waals surface area (Å²) in [6.07, 6.45) is 9.68. The monoisotopic (exact) mass is 268 g/mol. The molecule has 19 heavy (non-hydrogen) atoms. The van der Waals surface area contributed by atoms with Gasteiger partial charge in [0.15, 0.2) is 0 Å². The lowest BCUT2D eigenvalue weighted by molar-refractivity contribution is -0.126. The van der Waals surface area contributed by atoms with Crippen molar-refractivity contribution in [3.05, 3.63) is 0 Å². The molecule has 1 amide bonds. The lowest BCUT2D eigenvalue weighted by Gasteiger charge is -2.31. The van der Waals surface area contributed by atoms with Crippen LogP contribution in [0, 0.1) is 5.92 Å². The summed E-state index contributed by atoms with van der Waals surface area (Å²) in [5.74, 6) is 0.558. The Labute approximate surface area is 119 Å². The molecule has 1 aliphatic heterocycles. The maximum atomic E-state index is 11.9. The predicted octanol–water partition coefficient (Wildman–Crippen LogP) is 3.20. The van der Waals surface area contributed by atoms with E-state index < -0.39 is 0 Å². The quantitative estimate of drug-likeness (QED) is 0.651. The van der Waals surface area contributed by atoms with Crippen LogP contribution in [0.1, 0.15) is 65.2 Å². The Morgan fingerprint density at radius 3 is 2.37 bits per heavy atom. The zero-order valence-corrected chi connectivity index (χ0v) is 12.9. The summed E-state index contributed by atoms with van der Waals surface area (Å²) in [5.41, 5.74) is 0. The Morgan fingerprint density at radius 2 is 1.74 bits per heavy atom. The van der Waals surface area contributed by atoms with E-state index in [1.807, 2.05) is 0 Å². The van der Waals surface area contributed by atoms with Crippen LogP contribution in [-0.4, -0.2) is 37.0 Å². The number of rotatable bonds is 9. The molecule has 112 valence electrons. The van der Waals surface area contributed by atoms with Gasteiger partial charge in [-0.2, -0.15) is 0 Å². The van der Waals surface area contributed by atoms with Gasteiger partial charge in [-0.05, 0) is 45.3 Å². The van der Waals surface area contributed by atoms with E-state index in [0.717, 1.165) is 45.3 Å². The molecule has 0 spiro atoms. The number of carbonyl (C=O) groups is 1. The topological polar surface area (TPSA) is 32.3 Å². The molecule has 1 rings (SSSR count). The number of nitrogens with one attached hydrogen (secondary N) is 1. The van der Waals surface area contributed by atoms with Crippen LogP contribution in [0.15, 0.2) is 0 Å². The summed E-state index contributed by atoms with van der Waals surface area (Å²) in [5, 5.41) is 3.07. The summed E-state index contributed by atoms with van der Waals surface area (Å²) >= 11 is 0. The predicted molar refractivity (Wildman–Crippen MR) is 81.2 cm³/mol. The van der Waals surface area contributed by atoms with E-state index in [2.05, 4.69) is 24.1 Å². The number of amides is 1. The molecule has 1 heterocycles. The van der Waals surface area contributed by atoms with Crippen LogP contribution in [0.4, 0.5) is 0 Å². The SMILES string of the molecule is CCCCCCN1CCC(C(=O)NCCCC)CC1. The van der Waals surface area contributed by atoms with Crippen LogP contribution >= 0.6 is 0 Å². The van der Waals surface area contributed by atoms with Crippen molar-refractivity contribution >= 4 is 5.91 Å². The normalized spacial score (nSPS) is 17.6. The largest absolute Gasteiger partial charge is 0.356 e. The molecule has 1 saturated heterocycles. The van der Waals surface area contributed by atoms with Crippen LogP contribution in [0.3, 0.4) is 0 Å². The molecule has 0 unspecified atom stereocenters. The van der Waals surface area contributed by atoms with Crippen molar-refractivity contribution in [3.8, 4) is 0 Å². The fourth-order valence-corrected chi connectivity index (χ4v) is 2.71. The fraction of sp³-hybridized carbons (Fsp3) is 0.938. The molecular formula is C16H32N2O. The Hall–Kier alpha value is -0.570. The second kappa shape index (κ2) is 10.2. The van der Waals surface area contributed by atoms with Gasteiger partial charge in [0.25, 0.3) is 0 Å². The maximum Gasteiger partial charge on any atom is 0.223 e. The summed E-state index contributed by atoms with van der Waals surface area (Å²) < 4.78 is 0. The fourth-order valence-electron chi connectivity index (χ4n) is 2.71. The third-order valence-electron chi connectivity index (χ3n) is 4.12. The average Bonchev–Trinajstić information content (AvgIpc) is 2.44. The van der Waals surface area contributed by atoms with Gasteiger partial charge in [-0.1, -0.05) is 39.5 Å². The minimum atomic E-state index is 0.267. The van der Waals surface area contributed by atoms with E-state index in [9.17, 15) is 4.79 Å². The van der Waals surface area contributed by atoms with E-state index in [-0.39, 0.29) is 5.92 Å². The lowest BCUT2D eigenvalue weighted by Crippen LogP contribution is -2.41. The Balaban J connectivity index is 2.09. The van der Waals surface area contributed by atoms with Crippen LogP contribution in [0.2, 0.25) is 0 Å². The molecule has 0 radical (unpaired) electrons. The molecule has 3 nitrogen and oxygen atoms in total. The number of nitrogens with zero attached hydrogens (tertiary/aromatic N) is 1. The highest BCUT2D eigenvalue weighted by Crippen LogP contribution is 2.18. The molecule has 0 saturated carbocycles. The second-order valence-electron chi connectivity index (χ2n) is 5.82. The summed E-state index contributed by atoms with van der Waals surface area (Å²) in [4.78, 5) is 14.5. The van der Waals surface area contributed by atoms with E-state index in [1.165, 1.54) is 32.2 Å². The van der Waals surface area contributed by atoms with Gasteiger partial charge in [-0.3, -0.25) is 4.79 Å². The van der Waals surface area contributed by atoms with Gasteiger partial charge in [0.1, 0.15) is 0 Å². The highest BCUT2D eigenvalue weighted by molar-refractivity contribution is 5.78. The standard InChI is InChI=1S/C16H32N2O/c1-3-5-7-8-12-18-13-9-15(10-14-18)16(19)17-11-6-4-2/h15H,3-14H2,1-2H3,(H,17,19). The lowest BCUT2D eigenvalue weighted by atomic mass is 9.95. The van der Waals surface area contributed by atoms with Gasteiger partial charge in [0, 0.05) is 12.5 Å². The second-order valence-corrected chi connectivity index (χ2v) is 5.82. The first-order valence-electron chi connectivity index (χ1n) is 8.28. The van der Waals surface area contributed by atoms with Crippen molar-refractivity contribution in [2.45, 2.75) is 65.2 Å². The third kappa shape index (κ3) is 6.95. The van der Waals surface area contributed by atoms with Crippen molar-refractivity contribution < 1.29 is 4.79 Å². The molecular weight excluding hydrogens is 236 g/mol. The number of hydrogen-bond acceptors (Lipinski definition) is 2. The van der Waals surface area contributed by atoms with Gasteiger partial charge in [0.05, 0.1) is 0 Å². The highest BCUT2D eigenvalue weighted by atomic mass is 16.1. The average molecular weight is 268 g/mol. The Kier molecular flexibility index (Phi) is 8.89. The van der Waals surface area contributed by atoms with Gasteiger partial charge in [-0.15, -0.1) is 0 Å². The maximum absolute atomic E-state index is 11.9. The molecule has 1 aliphatic rings. The molecule has 0 atom stereocenters. The van der Waals surface area contributed by atoms with Crippen LogP contribution in [-0.2, 0) is 4.79 Å². The van der Waals surface area contributed by atoms with E-state index in [4.69, 9.17) is 0 Å². The van der Waals surface area contributed by atoms with Gasteiger partial charge < -0.3 is 10.2 Å². The first-order chi connectivity index (χ1) is 9.27. The van der Waals surface area contributed by atoms with Crippen molar-refractivity contribution in [1.29, 1.82) is 0 Å². The number of likely N-dealkylation sites (tertiary alicyclic amines) is 1. The highest BCUT2D eigenvalue weighted by Gasteiger charge is 2.24. The zero-order valence-electron chi connectivity index (χ0n) is 12.9. The molecule has 0 bridgehead atoms. The zero-order chi connectivity index (χ0) is 13.9. The summed E-state index contributed by atoms with van der Waals surface area (Å²) in [6, 6.07) is 0. The molecule has 1 fully saturated rings. The van der Waals surface area contributed by atoms with Crippen molar-refractivity contribution in [2.75, 3.05) is 26.2 Å². The van der Waals surface area contributed by atoms with Crippen molar-refractivity contribution in [3.63, 3.8) is 0 Å². The number of piperidine rings is 1. The first-order valence-corrected chi connectivity index (χ1v) is 8.28. The number of hydrogen-bond donors (Lipinski definition) is 1. The Bertz CT molecular complexity index is 235. The van der Waals surface area contributed by atoms with Gasteiger partial charge in [0.2, 0.25) is 5.91 Å². The van der Waals surface area contributed by atoms with Crippen LogP contribution in [0.25, 0.3) is 0 Å². The van der Waals surface area contributed by atoms with E-state index >= 15 is 0 Å². The van der Waals surface area contributed by atoms with Gasteiger partial charge in [-0.25, -0.2) is 0 Å². The van der Waals surface area contributed by atoms with Crippen molar-refractivity contribution in [1.82, 2.24) is 10.2 Å². The molecule has 0 aliphatic carbocycles. The number of carbonyl (C=O) groups excluding carboxylic acids is 1. The van der Waals surface area contributed by atoms with Crippen LogP contribution in [0.5, 0.6) is 0 Å². The van der Waals surface area contributed by atoms with E-state index in [0.29, 0.717) is 5.91 Å². The van der Waals surface area contributed by atoms with Gasteiger partial charge >= 0.3 is 0 Å². The minimum Gasteiger partial charge on any atom is -0.356 e. The molecule has 1 N–H and O–H groups in total. The molecule has 0 aromatic heterocycles. The summed E-state index contributed by atoms with van der Waals surface area (Å²) in [6.45, 7) is 8.71. The smallest absolute Gasteiger partial charge is 0.223 e. The molecule has 3 heteroatoms. The molecule has 0 aromatic carbocycles.